The fourth-order valence-corrected chi connectivity index (χ4v) is 3.16. The maximum Gasteiger partial charge on any atom is 0.318 e. The van der Waals surface area contributed by atoms with E-state index in [0.29, 0.717) is 19.0 Å². The summed E-state index contributed by atoms with van der Waals surface area (Å²) in [6, 6.07) is 2.67. The first-order chi connectivity index (χ1) is 14.0. The summed E-state index contributed by atoms with van der Waals surface area (Å²) in [6.45, 7) is 16.5. The molecule has 0 fully saturated rings. The van der Waals surface area contributed by atoms with E-state index in [4.69, 9.17) is 15.0 Å². The number of nitriles is 1. The second-order valence-electron chi connectivity index (χ2n) is 7.31. The van der Waals surface area contributed by atoms with Crippen LogP contribution in [0.2, 0.25) is 0 Å². The van der Waals surface area contributed by atoms with Crippen molar-refractivity contribution in [2.24, 2.45) is 5.92 Å². The molecule has 0 unspecified atom stereocenters. The van der Waals surface area contributed by atoms with Gasteiger partial charge in [0.2, 0.25) is 0 Å². The third kappa shape index (κ3) is 8.15. The molecule has 0 saturated carbocycles. The maximum absolute atomic E-state index is 9.07. The van der Waals surface area contributed by atoms with E-state index in [2.05, 4.69) is 55.5 Å². The highest BCUT2D eigenvalue weighted by molar-refractivity contribution is 5.50. The number of ether oxygens (including phenoxy) is 1. The van der Waals surface area contributed by atoms with Gasteiger partial charge in [-0.2, -0.15) is 15.2 Å². The molecule has 1 aromatic rings. The van der Waals surface area contributed by atoms with E-state index in [9.17, 15) is 0 Å². The van der Waals surface area contributed by atoms with Gasteiger partial charge in [-0.25, -0.2) is 0 Å². The molecule has 0 aliphatic heterocycles. The van der Waals surface area contributed by atoms with Crippen LogP contribution in [-0.4, -0.2) is 29.7 Å². The quantitative estimate of drug-likeness (QED) is 0.485. The third-order valence-corrected chi connectivity index (χ3v) is 4.48. The molecule has 0 aliphatic rings. The number of aryl methyl sites for hydroxylation is 1. The van der Waals surface area contributed by atoms with Crippen LogP contribution in [0.4, 0.5) is 5.82 Å². The Morgan fingerprint density at radius 2 is 2.07 bits per heavy atom. The Bertz CT molecular complexity index is 708. The van der Waals surface area contributed by atoms with Gasteiger partial charge in [0.05, 0.1) is 11.8 Å². The minimum absolute atomic E-state index is 0.273. The Balaban J connectivity index is 3.24. The highest BCUT2D eigenvalue weighted by Gasteiger charge is 2.20. The Morgan fingerprint density at radius 3 is 2.66 bits per heavy atom. The molecule has 29 heavy (non-hydrogen) atoms. The molecule has 0 aliphatic carbocycles. The van der Waals surface area contributed by atoms with Gasteiger partial charge in [-0.15, -0.1) is 0 Å². The van der Waals surface area contributed by atoms with Gasteiger partial charge in [-0.1, -0.05) is 46.8 Å². The smallest absolute Gasteiger partial charge is 0.318 e. The first-order valence-electron chi connectivity index (χ1n) is 10.7. The summed E-state index contributed by atoms with van der Waals surface area (Å²) in [5.74, 6) is 1.22. The lowest BCUT2D eigenvalue weighted by Crippen LogP contribution is -2.32. The Kier molecular flexibility index (Phi) is 11.5. The zero-order valence-electron chi connectivity index (χ0n) is 18.8. The molecule has 6 nitrogen and oxygen atoms in total. The van der Waals surface area contributed by atoms with Crippen LogP contribution in [0.1, 0.15) is 65.1 Å². The van der Waals surface area contributed by atoms with E-state index in [1.807, 2.05) is 19.2 Å². The number of allylic oxidation sites excluding steroid dienone is 1. The van der Waals surface area contributed by atoms with E-state index in [1.54, 1.807) is 0 Å². The zero-order chi connectivity index (χ0) is 21.6. The second-order valence-corrected chi connectivity index (χ2v) is 7.31. The molecule has 0 bridgehead atoms. The molecular formula is C23H37N5O. The average Bonchev–Trinajstić information content (AvgIpc) is 2.71. The highest BCUT2D eigenvalue weighted by Crippen LogP contribution is 2.27. The predicted octanol–water partition coefficient (Wildman–Crippen LogP) is 4.77. The number of nitrogens with zero attached hydrogens (tertiary/aromatic N) is 4. The van der Waals surface area contributed by atoms with Crippen LogP contribution in [-0.2, 0) is 12.8 Å². The summed E-state index contributed by atoms with van der Waals surface area (Å²) < 4.78 is 5.86. The van der Waals surface area contributed by atoms with Gasteiger partial charge in [-0.05, 0) is 38.3 Å². The van der Waals surface area contributed by atoms with Gasteiger partial charge in [0, 0.05) is 30.8 Å². The number of anilines is 1. The van der Waals surface area contributed by atoms with Gasteiger partial charge >= 0.3 is 6.01 Å². The Morgan fingerprint density at radius 1 is 1.31 bits per heavy atom. The summed E-state index contributed by atoms with van der Waals surface area (Å²) in [4.78, 5) is 11.8. The Hall–Kier alpha value is -2.55. The molecule has 0 aromatic carbocycles. The SMILES string of the molecule is C=C(COc1nc(CC)c(CCC)c(N(CCC)C[C@@H](C)CC#N)n1)N/C=C\C. The first-order valence-corrected chi connectivity index (χ1v) is 10.7. The van der Waals surface area contributed by atoms with Gasteiger partial charge in [0.25, 0.3) is 0 Å². The number of hydrogen-bond acceptors (Lipinski definition) is 6. The van der Waals surface area contributed by atoms with Crippen molar-refractivity contribution in [3.63, 3.8) is 0 Å². The fourth-order valence-electron chi connectivity index (χ4n) is 3.16. The van der Waals surface area contributed by atoms with Crippen molar-refractivity contribution in [1.29, 1.82) is 5.26 Å². The van der Waals surface area contributed by atoms with Crippen molar-refractivity contribution >= 4 is 5.82 Å². The molecule has 6 heteroatoms. The molecule has 1 atom stereocenters. The molecule has 0 amide bonds. The van der Waals surface area contributed by atoms with Crippen LogP contribution >= 0.6 is 0 Å². The molecule has 0 radical (unpaired) electrons. The largest absolute Gasteiger partial charge is 0.457 e. The zero-order valence-corrected chi connectivity index (χ0v) is 18.8. The summed E-state index contributed by atoms with van der Waals surface area (Å²) in [5.41, 5.74) is 2.98. The monoisotopic (exact) mass is 399 g/mol. The molecule has 160 valence electrons. The van der Waals surface area contributed by atoms with E-state index >= 15 is 0 Å². The van der Waals surface area contributed by atoms with Crippen LogP contribution in [0.25, 0.3) is 0 Å². The lowest BCUT2D eigenvalue weighted by Gasteiger charge is -2.29. The van der Waals surface area contributed by atoms with E-state index in [-0.39, 0.29) is 5.92 Å². The maximum atomic E-state index is 9.07. The van der Waals surface area contributed by atoms with Crippen LogP contribution in [0.3, 0.4) is 0 Å². The molecule has 1 N–H and O–H groups in total. The summed E-state index contributed by atoms with van der Waals surface area (Å²) in [5, 5.41) is 12.1. The van der Waals surface area contributed by atoms with Crippen LogP contribution in [0.5, 0.6) is 6.01 Å². The standard InChI is InChI=1S/C23H37N5O/c1-7-11-20-21(10-4)26-23(29-17-19(6)25-14-8-2)27-22(20)28(15-9-3)16-18(5)12-13-24/h8,14,18,25H,6-7,9-12,15-17H2,1-5H3/b14-8-/t18-/m0/s1. The lowest BCUT2D eigenvalue weighted by atomic mass is 10.0. The van der Waals surface area contributed by atoms with E-state index in [1.165, 1.54) is 5.56 Å². The van der Waals surface area contributed by atoms with Gasteiger partial charge in [0.15, 0.2) is 0 Å². The fraction of sp³-hybridized carbons (Fsp3) is 0.609. The molecule has 0 saturated heterocycles. The summed E-state index contributed by atoms with van der Waals surface area (Å²) in [7, 11) is 0. The number of aromatic nitrogens is 2. The predicted molar refractivity (Wildman–Crippen MR) is 120 cm³/mol. The van der Waals surface area contributed by atoms with Crippen LogP contribution in [0.15, 0.2) is 24.6 Å². The minimum atomic E-state index is 0.273. The number of hydrogen-bond donors (Lipinski definition) is 1. The normalized spacial score (nSPS) is 11.9. The van der Waals surface area contributed by atoms with Crippen molar-refractivity contribution < 1.29 is 4.74 Å². The van der Waals surface area contributed by atoms with Gasteiger partial charge in [0.1, 0.15) is 12.4 Å². The highest BCUT2D eigenvalue weighted by atomic mass is 16.5. The Labute approximate surface area is 176 Å². The minimum Gasteiger partial charge on any atom is -0.457 e. The third-order valence-electron chi connectivity index (χ3n) is 4.48. The average molecular weight is 400 g/mol. The molecule has 1 aromatic heterocycles. The van der Waals surface area contributed by atoms with Crippen LogP contribution < -0.4 is 15.0 Å². The lowest BCUT2D eigenvalue weighted by molar-refractivity contribution is 0.317. The van der Waals surface area contributed by atoms with Crippen LogP contribution in [0, 0.1) is 17.2 Å². The van der Waals surface area contributed by atoms with Gasteiger partial charge < -0.3 is 15.0 Å². The topological polar surface area (TPSA) is 74.1 Å². The van der Waals surface area contributed by atoms with Crippen molar-refractivity contribution in [1.82, 2.24) is 15.3 Å². The molecule has 1 heterocycles. The number of nitrogens with one attached hydrogen (secondary N) is 1. The van der Waals surface area contributed by atoms with Crippen molar-refractivity contribution in [2.45, 2.75) is 66.7 Å². The van der Waals surface area contributed by atoms with Gasteiger partial charge in [-0.3, -0.25) is 0 Å². The summed E-state index contributed by atoms with van der Waals surface area (Å²) >= 11 is 0. The summed E-state index contributed by atoms with van der Waals surface area (Å²) in [6.07, 6.45) is 8.06. The van der Waals surface area contributed by atoms with Crippen molar-refractivity contribution in [3.05, 3.63) is 35.8 Å². The van der Waals surface area contributed by atoms with Crippen molar-refractivity contribution in [2.75, 3.05) is 24.6 Å². The number of rotatable bonds is 14. The first kappa shape index (κ1) is 24.5. The van der Waals surface area contributed by atoms with E-state index < -0.39 is 0 Å². The molecule has 0 spiro atoms. The van der Waals surface area contributed by atoms with Crippen molar-refractivity contribution in [3.8, 4) is 12.1 Å². The second kappa shape index (κ2) is 13.6. The molecule has 1 rings (SSSR count). The molecular weight excluding hydrogens is 362 g/mol. The van der Waals surface area contributed by atoms with E-state index in [0.717, 1.165) is 56.0 Å².